The molecule has 0 saturated carbocycles. The van der Waals surface area contributed by atoms with E-state index in [9.17, 15) is 0 Å². The molecule has 1 aromatic heterocycles. The van der Waals surface area contributed by atoms with Crippen LogP contribution in [0.1, 0.15) is 57.3 Å². The van der Waals surface area contributed by atoms with Gasteiger partial charge in [-0.3, -0.25) is 0 Å². The summed E-state index contributed by atoms with van der Waals surface area (Å²) in [5, 5.41) is 0. The summed E-state index contributed by atoms with van der Waals surface area (Å²) in [6, 6.07) is 0. The monoisotopic (exact) mass is 264 g/mol. The van der Waals surface area contributed by atoms with Gasteiger partial charge < -0.3 is 10.2 Å². The van der Waals surface area contributed by atoms with Crippen LogP contribution in [0.25, 0.3) is 0 Å². The Hall–Kier alpha value is -1.20. The average Bonchev–Trinajstić information content (AvgIpc) is 2.81. The van der Waals surface area contributed by atoms with E-state index in [2.05, 4.69) is 31.2 Å². The van der Waals surface area contributed by atoms with Crippen molar-refractivity contribution in [2.24, 2.45) is 11.3 Å². The van der Waals surface area contributed by atoms with Crippen molar-refractivity contribution in [3.63, 3.8) is 0 Å². The van der Waals surface area contributed by atoms with E-state index in [1.54, 1.807) is 0 Å². The molecule has 0 bridgehead atoms. The molecule has 1 heterocycles. The number of hydrogen-bond acceptors (Lipinski definition) is 5. The Kier molecular flexibility index (Phi) is 4.06. The number of rotatable bonds is 4. The molecule has 0 fully saturated rings. The second-order valence-electron chi connectivity index (χ2n) is 6.05. The van der Waals surface area contributed by atoms with Crippen LogP contribution in [0.5, 0.6) is 0 Å². The van der Waals surface area contributed by atoms with Gasteiger partial charge in [-0.25, -0.2) is 15.8 Å². The fourth-order valence-corrected chi connectivity index (χ4v) is 2.57. The van der Waals surface area contributed by atoms with Crippen LogP contribution in [-0.4, -0.2) is 16.6 Å². The van der Waals surface area contributed by atoms with Crippen LogP contribution in [0.2, 0.25) is 0 Å². The van der Waals surface area contributed by atoms with E-state index in [4.69, 9.17) is 15.6 Å². The van der Waals surface area contributed by atoms with E-state index in [-0.39, 0.29) is 11.5 Å². The molecule has 1 unspecified atom stereocenters. The number of aryl methyl sites for hydroxylation is 1. The van der Waals surface area contributed by atoms with Crippen molar-refractivity contribution in [3.05, 3.63) is 17.1 Å². The number of nitrogens with two attached hydrogens (primary N) is 1. The van der Waals surface area contributed by atoms with E-state index >= 15 is 0 Å². The number of anilines is 1. The Morgan fingerprint density at radius 1 is 1.32 bits per heavy atom. The SMILES string of the molecule is CCOC(c1nc2c(c(NN)n1)CCC2)C(C)(C)C. The van der Waals surface area contributed by atoms with Crippen molar-refractivity contribution in [2.45, 2.75) is 53.1 Å². The van der Waals surface area contributed by atoms with Crippen molar-refractivity contribution in [1.82, 2.24) is 9.97 Å². The lowest BCUT2D eigenvalue weighted by Gasteiger charge is -2.29. The molecule has 1 aromatic rings. The minimum atomic E-state index is -0.115. The molecular formula is C14H24N4O. The molecule has 5 nitrogen and oxygen atoms in total. The Morgan fingerprint density at radius 3 is 2.63 bits per heavy atom. The first-order valence-electron chi connectivity index (χ1n) is 6.95. The average molecular weight is 264 g/mol. The summed E-state index contributed by atoms with van der Waals surface area (Å²) in [5.41, 5.74) is 4.94. The van der Waals surface area contributed by atoms with E-state index in [0.29, 0.717) is 6.61 Å². The first-order chi connectivity index (χ1) is 8.97. The molecule has 19 heavy (non-hydrogen) atoms. The van der Waals surface area contributed by atoms with Gasteiger partial charge in [0.1, 0.15) is 11.9 Å². The van der Waals surface area contributed by atoms with Crippen LogP contribution in [0.3, 0.4) is 0 Å². The number of aromatic nitrogens is 2. The van der Waals surface area contributed by atoms with Crippen LogP contribution >= 0.6 is 0 Å². The van der Waals surface area contributed by atoms with Gasteiger partial charge in [-0.05, 0) is 31.6 Å². The highest BCUT2D eigenvalue weighted by atomic mass is 16.5. The third kappa shape index (κ3) is 2.87. The zero-order valence-electron chi connectivity index (χ0n) is 12.3. The molecule has 106 valence electrons. The predicted molar refractivity (Wildman–Crippen MR) is 75.7 cm³/mol. The summed E-state index contributed by atoms with van der Waals surface area (Å²) in [6.07, 6.45) is 3.01. The number of ether oxygens (including phenoxy) is 1. The van der Waals surface area contributed by atoms with Gasteiger partial charge in [0.15, 0.2) is 5.82 Å². The van der Waals surface area contributed by atoms with Crippen LogP contribution in [0, 0.1) is 5.41 Å². The van der Waals surface area contributed by atoms with Gasteiger partial charge in [0.05, 0.1) is 0 Å². The Morgan fingerprint density at radius 2 is 2.05 bits per heavy atom. The lowest BCUT2D eigenvalue weighted by Crippen LogP contribution is -2.25. The van der Waals surface area contributed by atoms with Crippen molar-refractivity contribution in [1.29, 1.82) is 0 Å². The van der Waals surface area contributed by atoms with Crippen molar-refractivity contribution in [2.75, 3.05) is 12.0 Å². The van der Waals surface area contributed by atoms with Crippen LogP contribution in [0.15, 0.2) is 0 Å². The Labute approximate surface area is 114 Å². The van der Waals surface area contributed by atoms with Crippen LogP contribution in [-0.2, 0) is 17.6 Å². The summed E-state index contributed by atoms with van der Waals surface area (Å²) in [7, 11) is 0. The summed E-state index contributed by atoms with van der Waals surface area (Å²) in [6.45, 7) is 9.06. The molecule has 0 amide bonds. The minimum absolute atomic E-state index is 0.0469. The van der Waals surface area contributed by atoms with Crippen LogP contribution in [0.4, 0.5) is 5.82 Å². The number of hydrazine groups is 1. The largest absolute Gasteiger partial charge is 0.370 e. The molecule has 0 aliphatic heterocycles. The third-order valence-corrected chi connectivity index (χ3v) is 3.44. The fraction of sp³-hybridized carbons (Fsp3) is 0.714. The predicted octanol–water partition coefficient (Wildman–Crippen LogP) is 2.37. The van der Waals surface area contributed by atoms with Gasteiger partial charge in [-0.15, -0.1) is 0 Å². The van der Waals surface area contributed by atoms with E-state index in [1.165, 1.54) is 0 Å². The highest BCUT2D eigenvalue weighted by molar-refractivity contribution is 5.48. The van der Waals surface area contributed by atoms with E-state index in [1.807, 2.05) is 6.92 Å². The molecule has 2 rings (SSSR count). The molecule has 1 aliphatic rings. The van der Waals surface area contributed by atoms with Crippen LogP contribution < -0.4 is 11.3 Å². The highest BCUT2D eigenvalue weighted by Gasteiger charge is 2.31. The first-order valence-corrected chi connectivity index (χ1v) is 6.95. The number of hydrogen-bond donors (Lipinski definition) is 2. The number of nitrogens with zero attached hydrogens (tertiary/aromatic N) is 2. The van der Waals surface area contributed by atoms with Crippen molar-refractivity contribution < 1.29 is 4.74 Å². The second-order valence-corrected chi connectivity index (χ2v) is 6.05. The molecule has 0 radical (unpaired) electrons. The zero-order chi connectivity index (χ0) is 14.0. The minimum Gasteiger partial charge on any atom is -0.370 e. The lowest BCUT2D eigenvalue weighted by molar-refractivity contribution is -0.0191. The summed E-state index contributed by atoms with van der Waals surface area (Å²) < 4.78 is 5.86. The number of nitrogen functional groups attached to an aromatic ring is 1. The highest BCUT2D eigenvalue weighted by Crippen LogP contribution is 2.36. The molecule has 5 heteroatoms. The van der Waals surface area contributed by atoms with Crippen molar-refractivity contribution >= 4 is 5.82 Å². The van der Waals surface area contributed by atoms with Gasteiger partial charge in [-0.1, -0.05) is 20.8 Å². The van der Waals surface area contributed by atoms with Gasteiger partial charge >= 0.3 is 0 Å². The maximum Gasteiger partial charge on any atom is 0.160 e. The molecule has 1 aliphatic carbocycles. The Balaban J connectivity index is 2.43. The molecule has 0 aromatic carbocycles. The number of nitrogens with one attached hydrogen (secondary N) is 1. The van der Waals surface area contributed by atoms with Gasteiger partial charge in [0, 0.05) is 17.9 Å². The quantitative estimate of drug-likeness (QED) is 0.645. The summed E-state index contributed by atoms with van der Waals surface area (Å²) in [4.78, 5) is 9.29. The Bertz CT molecular complexity index is 453. The fourth-order valence-electron chi connectivity index (χ4n) is 2.57. The summed E-state index contributed by atoms with van der Waals surface area (Å²) >= 11 is 0. The van der Waals surface area contributed by atoms with Crippen molar-refractivity contribution in [3.8, 4) is 0 Å². The molecular weight excluding hydrogens is 240 g/mol. The van der Waals surface area contributed by atoms with E-state index < -0.39 is 0 Å². The molecule has 1 atom stereocenters. The lowest BCUT2D eigenvalue weighted by atomic mass is 9.88. The molecule has 0 saturated heterocycles. The molecule has 3 N–H and O–H groups in total. The molecule has 0 spiro atoms. The number of fused-ring (bicyclic) bond motifs is 1. The topological polar surface area (TPSA) is 73.1 Å². The maximum absolute atomic E-state index is 5.86. The second kappa shape index (κ2) is 5.43. The van der Waals surface area contributed by atoms with Gasteiger partial charge in [-0.2, -0.15) is 0 Å². The van der Waals surface area contributed by atoms with Gasteiger partial charge in [0.2, 0.25) is 0 Å². The normalized spacial score (nSPS) is 16.3. The smallest absolute Gasteiger partial charge is 0.160 e. The van der Waals surface area contributed by atoms with Gasteiger partial charge in [0.25, 0.3) is 0 Å². The van der Waals surface area contributed by atoms with E-state index in [0.717, 1.165) is 42.2 Å². The standard InChI is InChI=1S/C14H24N4O/c1-5-19-11(14(2,3)4)13-16-10-8-6-7-9(10)12(17-13)18-15/h11H,5-8,15H2,1-4H3,(H,16,17,18). The first kappa shape index (κ1) is 14.2. The summed E-state index contributed by atoms with van der Waals surface area (Å²) in [5.74, 6) is 7.09. The third-order valence-electron chi connectivity index (χ3n) is 3.44. The maximum atomic E-state index is 5.86. The zero-order valence-corrected chi connectivity index (χ0v) is 12.3.